The van der Waals surface area contributed by atoms with Gasteiger partial charge in [-0.3, -0.25) is 9.59 Å². The van der Waals surface area contributed by atoms with Gasteiger partial charge in [0, 0.05) is 10.2 Å². The van der Waals surface area contributed by atoms with Crippen molar-refractivity contribution in [1.82, 2.24) is 0 Å². The second-order valence-electron chi connectivity index (χ2n) is 4.70. The molecule has 0 aliphatic carbocycles. The lowest BCUT2D eigenvalue weighted by Gasteiger charge is -2.22. The predicted octanol–water partition coefficient (Wildman–Crippen LogP) is 3.48. The third-order valence-corrected chi connectivity index (χ3v) is 4.52. The summed E-state index contributed by atoms with van der Waals surface area (Å²) in [4.78, 5) is 24.4. The molecule has 3 rings (SSSR count). The molecule has 2 aromatic carbocycles. The molecule has 0 spiro atoms. The van der Waals surface area contributed by atoms with Crippen molar-refractivity contribution >= 4 is 55.9 Å². The van der Waals surface area contributed by atoms with Gasteiger partial charge in [0.05, 0.1) is 11.4 Å². The molecule has 0 atom stereocenters. The molecular weight excluding hydrogens is 378 g/mol. The highest BCUT2D eigenvalue weighted by atomic mass is 79.9. The van der Waals surface area contributed by atoms with Crippen LogP contribution in [0, 0.1) is 0 Å². The number of carbonyl (C=O) groups is 2. The Balaban J connectivity index is 1.82. The van der Waals surface area contributed by atoms with Crippen LogP contribution in [0.4, 0.5) is 11.4 Å². The minimum absolute atomic E-state index is 0.159. The van der Waals surface area contributed by atoms with Gasteiger partial charge >= 0.3 is 0 Å². The Morgan fingerprint density at radius 2 is 1.83 bits per heavy atom. The topological polar surface area (TPSA) is 61.8 Å². The molecule has 0 saturated carbocycles. The largest absolute Gasteiger partial charge is 0.320 e. The number of para-hydroxylation sites is 1. The molecule has 1 heterocycles. The highest BCUT2D eigenvalue weighted by molar-refractivity contribution is 9.10. The molecule has 0 saturated heterocycles. The molecule has 2 amide bonds. The maximum absolute atomic E-state index is 12.3. The van der Waals surface area contributed by atoms with Crippen LogP contribution in [0.3, 0.4) is 0 Å². The molecule has 0 fully saturated rings. The molecule has 1 N–H and O–H groups in total. The lowest BCUT2D eigenvalue weighted by Crippen LogP contribution is -2.36. The summed E-state index contributed by atoms with van der Waals surface area (Å²) in [5.74, 6) is -0.304. The average molecular weight is 390 g/mol. The van der Waals surface area contributed by atoms with Gasteiger partial charge in [-0.2, -0.15) is 10.1 Å². The maximum Gasteiger partial charge on any atom is 0.282 e. The van der Waals surface area contributed by atoms with Crippen molar-refractivity contribution in [3.05, 3.63) is 59.1 Å². The van der Waals surface area contributed by atoms with E-state index in [4.69, 9.17) is 0 Å². The maximum atomic E-state index is 12.3. The van der Waals surface area contributed by atoms with Crippen molar-refractivity contribution in [1.29, 1.82) is 0 Å². The minimum Gasteiger partial charge on any atom is -0.320 e. The number of nitrogens with zero attached hydrogens (tertiary/aromatic N) is 2. The number of anilines is 2. The first-order chi connectivity index (χ1) is 11.1. The van der Waals surface area contributed by atoms with Crippen LogP contribution in [0.15, 0.2) is 64.2 Å². The Morgan fingerprint density at radius 1 is 1.13 bits per heavy atom. The Bertz CT molecular complexity index is 763. The van der Waals surface area contributed by atoms with Gasteiger partial charge in [0.1, 0.15) is 0 Å². The summed E-state index contributed by atoms with van der Waals surface area (Å²) in [6.07, 6.45) is 0. The van der Waals surface area contributed by atoms with Gasteiger partial charge in [-0.15, -0.1) is 0 Å². The van der Waals surface area contributed by atoms with Crippen LogP contribution in [0.1, 0.15) is 0 Å². The van der Waals surface area contributed by atoms with Crippen molar-refractivity contribution in [2.75, 3.05) is 16.1 Å². The highest BCUT2D eigenvalue weighted by Gasteiger charge is 2.26. The summed E-state index contributed by atoms with van der Waals surface area (Å²) < 4.78 is 0.908. The van der Waals surface area contributed by atoms with Crippen molar-refractivity contribution < 1.29 is 9.59 Å². The number of halogens is 1. The second kappa shape index (κ2) is 6.97. The van der Waals surface area contributed by atoms with Crippen molar-refractivity contribution in [2.24, 2.45) is 5.10 Å². The number of hydrazone groups is 1. The van der Waals surface area contributed by atoms with Crippen LogP contribution < -0.4 is 10.3 Å². The third kappa shape index (κ3) is 3.80. The van der Waals surface area contributed by atoms with E-state index < -0.39 is 0 Å². The van der Waals surface area contributed by atoms with E-state index in [1.54, 1.807) is 24.3 Å². The molecular formula is C16H12BrN3O2S. The normalized spacial score (nSPS) is 14.4. The Labute approximate surface area is 145 Å². The number of hydrogen-bond acceptors (Lipinski definition) is 4. The highest BCUT2D eigenvalue weighted by Crippen LogP contribution is 2.24. The molecule has 0 aromatic heterocycles. The Morgan fingerprint density at radius 3 is 2.52 bits per heavy atom. The average Bonchev–Trinajstić information content (AvgIpc) is 2.57. The molecule has 1 aliphatic rings. The van der Waals surface area contributed by atoms with Gasteiger partial charge < -0.3 is 5.32 Å². The summed E-state index contributed by atoms with van der Waals surface area (Å²) in [7, 11) is 0. The molecule has 0 unspecified atom stereocenters. The zero-order chi connectivity index (χ0) is 16.2. The van der Waals surface area contributed by atoms with Crippen LogP contribution in [0.5, 0.6) is 0 Å². The first-order valence-electron chi connectivity index (χ1n) is 6.80. The smallest absolute Gasteiger partial charge is 0.282 e. The summed E-state index contributed by atoms with van der Waals surface area (Å²) >= 11 is 4.49. The summed E-state index contributed by atoms with van der Waals surface area (Å²) in [6.45, 7) is 0. The lowest BCUT2D eigenvalue weighted by atomic mass is 10.3. The van der Waals surface area contributed by atoms with Gasteiger partial charge in [-0.25, -0.2) is 0 Å². The summed E-state index contributed by atoms with van der Waals surface area (Å²) in [5.41, 5.74) is 1.32. The molecule has 0 radical (unpaired) electrons. The molecule has 23 heavy (non-hydrogen) atoms. The minimum atomic E-state index is -0.323. The fourth-order valence-electron chi connectivity index (χ4n) is 1.97. The predicted molar refractivity (Wildman–Crippen MR) is 96.6 cm³/mol. The van der Waals surface area contributed by atoms with Crippen LogP contribution >= 0.6 is 27.7 Å². The van der Waals surface area contributed by atoms with E-state index in [-0.39, 0.29) is 22.6 Å². The van der Waals surface area contributed by atoms with E-state index in [2.05, 4.69) is 26.3 Å². The lowest BCUT2D eigenvalue weighted by molar-refractivity contribution is -0.116. The number of nitrogens with one attached hydrogen (secondary N) is 1. The molecule has 7 heteroatoms. The number of benzene rings is 2. The number of carbonyl (C=O) groups excluding carboxylic acids is 2. The summed E-state index contributed by atoms with van der Waals surface area (Å²) in [5, 5.41) is 8.49. The van der Waals surface area contributed by atoms with E-state index in [9.17, 15) is 9.59 Å². The first-order valence-corrected chi connectivity index (χ1v) is 8.58. The molecule has 1 aliphatic heterocycles. The van der Waals surface area contributed by atoms with E-state index >= 15 is 0 Å². The van der Waals surface area contributed by atoms with Gasteiger partial charge in [0.2, 0.25) is 0 Å². The fourth-order valence-corrected chi connectivity index (χ4v) is 2.94. The molecule has 0 bridgehead atoms. The van der Waals surface area contributed by atoms with Gasteiger partial charge in [-0.1, -0.05) is 45.9 Å². The summed E-state index contributed by atoms with van der Waals surface area (Å²) in [6, 6.07) is 16.3. The van der Waals surface area contributed by atoms with E-state index in [0.29, 0.717) is 11.4 Å². The van der Waals surface area contributed by atoms with Crippen LogP contribution in [-0.2, 0) is 9.59 Å². The monoisotopic (exact) mass is 389 g/mol. The molecule has 116 valence electrons. The number of thioether (sulfide) groups is 1. The quantitative estimate of drug-likeness (QED) is 0.873. The van der Waals surface area contributed by atoms with Crippen LogP contribution in [-0.4, -0.2) is 22.6 Å². The molecule has 5 nitrogen and oxygen atoms in total. The molecule has 2 aromatic rings. The van der Waals surface area contributed by atoms with E-state index in [1.807, 2.05) is 30.3 Å². The third-order valence-electron chi connectivity index (χ3n) is 3.06. The fraction of sp³-hybridized carbons (Fsp3) is 0.0625. The van der Waals surface area contributed by atoms with Crippen molar-refractivity contribution in [3.8, 4) is 0 Å². The first kappa shape index (κ1) is 15.8. The number of hydrogen-bond donors (Lipinski definition) is 1. The van der Waals surface area contributed by atoms with Crippen molar-refractivity contribution in [2.45, 2.75) is 0 Å². The Kier molecular flexibility index (Phi) is 4.78. The van der Waals surface area contributed by atoms with Gasteiger partial charge in [0.15, 0.2) is 5.04 Å². The number of rotatable bonds is 3. The zero-order valence-corrected chi connectivity index (χ0v) is 14.3. The second-order valence-corrected chi connectivity index (χ2v) is 6.58. The van der Waals surface area contributed by atoms with Gasteiger partial charge in [-0.05, 0) is 36.4 Å². The van der Waals surface area contributed by atoms with Crippen LogP contribution in [0.25, 0.3) is 0 Å². The van der Waals surface area contributed by atoms with Crippen molar-refractivity contribution in [3.63, 3.8) is 0 Å². The zero-order valence-electron chi connectivity index (χ0n) is 11.9. The van der Waals surface area contributed by atoms with E-state index in [1.165, 1.54) is 5.01 Å². The standard InChI is InChI=1S/C16H12BrN3O2S/c17-11-6-8-13(9-7-11)20-14(21)10-23-16(19-20)15(22)18-12-4-2-1-3-5-12/h1-9H,10H2,(H,18,22). The van der Waals surface area contributed by atoms with E-state index in [0.717, 1.165) is 16.2 Å². The Hall–Kier alpha value is -2.12. The van der Waals surface area contributed by atoms with Gasteiger partial charge in [0.25, 0.3) is 11.8 Å². The SMILES string of the molecule is O=C(Nc1ccccc1)C1=NN(c2ccc(Br)cc2)C(=O)CS1. The number of amides is 2. The van der Waals surface area contributed by atoms with Crippen LogP contribution in [0.2, 0.25) is 0 Å².